The Morgan fingerprint density at radius 1 is 1.07 bits per heavy atom. The van der Waals surface area contributed by atoms with E-state index >= 15 is 0 Å². The second-order valence-electron chi connectivity index (χ2n) is 7.31. The zero-order chi connectivity index (χ0) is 21.1. The molecular formula is C24H23N3O3. The van der Waals surface area contributed by atoms with Gasteiger partial charge in [-0.25, -0.2) is 0 Å². The Morgan fingerprint density at radius 2 is 1.80 bits per heavy atom. The number of nitrogens with zero attached hydrogens (tertiary/aromatic N) is 3. The van der Waals surface area contributed by atoms with Crippen LogP contribution >= 0.6 is 0 Å². The molecule has 4 rings (SSSR count). The van der Waals surface area contributed by atoms with Crippen LogP contribution in [0.3, 0.4) is 0 Å². The SMILES string of the molecule is Cc1ccc(-c2noc(CN(C)C(=O)C(C)Oc3cccc4ccccc34)n2)cc1. The van der Waals surface area contributed by atoms with Crippen LogP contribution in [0.4, 0.5) is 0 Å². The number of rotatable bonds is 6. The molecule has 0 spiro atoms. The van der Waals surface area contributed by atoms with E-state index in [1.165, 1.54) is 4.90 Å². The molecule has 0 aliphatic heterocycles. The summed E-state index contributed by atoms with van der Waals surface area (Å²) in [6, 6.07) is 21.6. The molecule has 0 aliphatic rings. The molecule has 152 valence electrons. The number of aryl methyl sites for hydroxylation is 1. The van der Waals surface area contributed by atoms with Crippen molar-refractivity contribution >= 4 is 16.7 Å². The highest BCUT2D eigenvalue weighted by Crippen LogP contribution is 2.26. The van der Waals surface area contributed by atoms with Gasteiger partial charge in [0.05, 0.1) is 6.54 Å². The summed E-state index contributed by atoms with van der Waals surface area (Å²) >= 11 is 0. The molecular weight excluding hydrogens is 378 g/mol. The molecule has 3 aromatic carbocycles. The number of amides is 1. The fourth-order valence-electron chi connectivity index (χ4n) is 3.27. The Bertz CT molecular complexity index is 1160. The number of carbonyl (C=O) groups is 1. The van der Waals surface area contributed by atoms with Crippen molar-refractivity contribution < 1.29 is 14.1 Å². The molecule has 0 bridgehead atoms. The first-order valence-corrected chi connectivity index (χ1v) is 9.80. The molecule has 6 nitrogen and oxygen atoms in total. The Balaban J connectivity index is 1.42. The first-order valence-electron chi connectivity index (χ1n) is 9.80. The monoisotopic (exact) mass is 401 g/mol. The van der Waals surface area contributed by atoms with E-state index in [0.29, 0.717) is 17.5 Å². The number of carbonyl (C=O) groups excluding carboxylic acids is 1. The van der Waals surface area contributed by atoms with Gasteiger partial charge in [0, 0.05) is 18.0 Å². The zero-order valence-electron chi connectivity index (χ0n) is 17.2. The maximum absolute atomic E-state index is 12.8. The molecule has 1 unspecified atom stereocenters. The summed E-state index contributed by atoms with van der Waals surface area (Å²) in [4.78, 5) is 18.7. The van der Waals surface area contributed by atoms with Gasteiger partial charge in [0.25, 0.3) is 5.91 Å². The standard InChI is InChI=1S/C24H23N3O3/c1-16-11-13-19(14-12-16)23-25-22(30-26-23)15-27(3)24(28)17(2)29-21-10-6-8-18-7-4-5-9-20(18)21/h4-14,17H,15H2,1-3H3. The molecule has 0 N–H and O–H groups in total. The average molecular weight is 401 g/mol. The van der Waals surface area contributed by atoms with Gasteiger partial charge in [0.15, 0.2) is 6.10 Å². The molecule has 1 aromatic heterocycles. The van der Waals surface area contributed by atoms with E-state index in [4.69, 9.17) is 9.26 Å². The molecule has 0 radical (unpaired) electrons. The van der Waals surface area contributed by atoms with Crippen LogP contribution in [0.25, 0.3) is 22.2 Å². The van der Waals surface area contributed by atoms with Crippen molar-refractivity contribution in [2.75, 3.05) is 7.05 Å². The lowest BCUT2D eigenvalue weighted by molar-refractivity contribution is -0.137. The predicted octanol–water partition coefficient (Wildman–Crippen LogP) is 4.62. The second-order valence-corrected chi connectivity index (χ2v) is 7.31. The number of fused-ring (bicyclic) bond motifs is 1. The third-order valence-electron chi connectivity index (χ3n) is 4.93. The first-order chi connectivity index (χ1) is 14.5. The summed E-state index contributed by atoms with van der Waals surface area (Å²) in [6.07, 6.45) is -0.653. The third kappa shape index (κ3) is 4.17. The van der Waals surface area contributed by atoms with Crippen LogP contribution in [0.1, 0.15) is 18.4 Å². The highest BCUT2D eigenvalue weighted by molar-refractivity contribution is 5.89. The van der Waals surface area contributed by atoms with E-state index in [9.17, 15) is 4.79 Å². The van der Waals surface area contributed by atoms with Gasteiger partial charge >= 0.3 is 0 Å². The minimum absolute atomic E-state index is 0.168. The van der Waals surface area contributed by atoms with Gasteiger partial charge < -0.3 is 14.2 Å². The van der Waals surface area contributed by atoms with Crippen LogP contribution < -0.4 is 4.74 Å². The number of ether oxygens (including phenoxy) is 1. The van der Waals surface area contributed by atoms with Gasteiger partial charge in [-0.1, -0.05) is 71.4 Å². The van der Waals surface area contributed by atoms with E-state index in [1.54, 1.807) is 14.0 Å². The number of likely N-dealkylation sites (N-methyl/N-ethyl adjacent to an activating group) is 1. The van der Waals surface area contributed by atoms with Crippen LogP contribution in [0.15, 0.2) is 71.3 Å². The van der Waals surface area contributed by atoms with Gasteiger partial charge in [0.1, 0.15) is 5.75 Å². The van der Waals surface area contributed by atoms with Crippen LogP contribution in [0.2, 0.25) is 0 Å². The molecule has 6 heteroatoms. The van der Waals surface area contributed by atoms with Crippen LogP contribution in [0, 0.1) is 6.92 Å². The van der Waals surface area contributed by atoms with Gasteiger partial charge in [-0.3, -0.25) is 4.79 Å². The van der Waals surface area contributed by atoms with Crippen molar-refractivity contribution in [3.8, 4) is 17.1 Å². The molecule has 1 heterocycles. The largest absolute Gasteiger partial charge is 0.480 e. The van der Waals surface area contributed by atoms with Crippen LogP contribution in [-0.2, 0) is 11.3 Å². The number of benzene rings is 3. The number of aromatic nitrogens is 2. The smallest absolute Gasteiger partial charge is 0.263 e. The topological polar surface area (TPSA) is 68.5 Å². The summed E-state index contributed by atoms with van der Waals surface area (Å²) in [6.45, 7) is 3.97. The molecule has 1 atom stereocenters. The summed E-state index contributed by atoms with van der Waals surface area (Å²) in [5.41, 5.74) is 2.03. The van der Waals surface area contributed by atoms with Crippen molar-refractivity contribution in [1.29, 1.82) is 0 Å². The lowest BCUT2D eigenvalue weighted by atomic mass is 10.1. The zero-order valence-corrected chi connectivity index (χ0v) is 17.2. The first kappa shape index (κ1) is 19.6. The van der Waals surface area contributed by atoms with Gasteiger partial charge in [0.2, 0.25) is 11.7 Å². The van der Waals surface area contributed by atoms with E-state index in [0.717, 1.165) is 21.9 Å². The maximum Gasteiger partial charge on any atom is 0.263 e. The van der Waals surface area contributed by atoms with E-state index in [2.05, 4.69) is 10.1 Å². The van der Waals surface area contributed by atoms with Crippen LogP contribution in [-0.4, -0.2) is 34.1 Å². The second kappa shape index (κ2) is 8.37. The normalized spacial score (nSPS) is 12.0. The fraction of sp³-hybridized carbons (Fsp3) is 0.208. The molecule has 0 saturated heterocycles. The molecule has 4 aromatic rings. The maximum atomic E-state index is 12.8. The summed E-state index contributed by atoms with van der Waals surface area (Å²) in [7, 11) is 1.70. The summed E-state index contributed by atoms with van der Waals surface area (Å²) in [5, 5.41) is 6.06. The predicted molar refractivity (Wildman–Crippen MR) is 115 cm³/mol. The van der Waals surface area contributed by atoms with Crippen molar-refractivity contribution in [3.63, 3.8) is 0 Å². The van der Waals surface area contributed by atoms with Gasteiger partial charge in [-0.2, -0.15) is 4.98 Å². The fourth-order valence-corrected chi connectivity index (χ4v) is 3.27. The Kier molecular flexibility index (Phi) is 5.48. The summed E-state index contributed by atoms with van der Waals surface area (Å²) < 4.78 is 11.3. The lowest BCUT2D eigenvalue weighted by Crippen LogP contribution is -2.37. The molecule has 0 fully saturated rings. The number of hydrogen-bond donors (Lipinski definition) is 0. The molecule has 0 aliphatic carbocycles. The summed E-state index contributed by atoms with van der Waals surface area (Å²) in [5.74, 6) is 1.39. The van der Waals surface area contributed by atoms with Crippen molar-refractivity contribution in [1.82, 2.24) is 15.0 Å². The van der Waals surface area contributed by atoms with E-state index in [-0.39, 0.29) is 12.5 Å². The average Bonchev–Trinajstić information content (AvgIpc) is 3.22. The third-order valence-corrected chi connectivity index (χ3v) is 4.93. The minimum Gasteiger partial charge on any atom is -0.480 e. The van der Waals surface area contributed by atoms with Crippen LogP contribution in [0.5, 0.6) is 5.75 Å². The van der Waals surface area contributed by atoms with Gasteiger partial charge in [-0.05, 0) is 25.3 Å². The Labute approximate surface area is 175 Å². The van der Waals surface area contributed by atoms with Crippen molar-refractivity contribution in [2.24, 2.45) is 0 Å². The van der Waals surface area contributed by atoms with E-state index in [1.807, 2.05) is 73.7 Å². The van der Waals surface area contributed by atoms with Crippen molar-refractivity contribution in [2.45, 2.75) is 26.5 Å². The molecule has 30 heavy (non-hydrogen) atoms. The van der Waals surface area contributed by atoms with E-state index < -0.39 is 6.10 Å². The lowest BCUT2D eigenvalue weighted by Gasteiger charge is -2.21. The minimum atomic E-state index is -0.653. The van der Waals surface area contributed by atoms with Crippen molar-refractivity contribution in [3.05, 3.63) is 78.2 Å². The highest BCUT2D eigenvalue weighted by Gasteiger charge is 2.22. The Hall–Kier alpha value is -3.67. The molecule has 0 saturated carbocycles. The highest BCUT2D eigenvalue weighted by atomic mass is 16.5. The van der Waals surface area contributed by atoms with Gasteiger partial charge in [-0.15, -0.1) is 0 Å². The number of hydrogen-bond acceptors (Lipinski definition) is 5. The molecule has 1 amide bonds. The quantitative estimate of drug-likeness (QED) is 0.471. The Morgan fingerprint density at radius 3 is 2.60 bits per heavy atom.